The van der Waals surface area contributed by atoms with Crippen LogP contribution >= 0.6 is 11.8 Å². The highest BCUT2D eigenvalue weighted by Gasteiger charge is 2.39. The standard InChI is InChI=1S/C23H25N3O3S2/c27-23(24-16-11-13-18(14-12-16)30-17-6-1-2-7-17)20-9-5-15-26(20)22-19-8-3-4-10-21(19)31(28,29)25-22/h3-4,8,10-14,17,20H,1-2,5-7,9,15H2,(H,24,27)/t20-/m0/s1. The van der Waals surface area contributed by atoms with E-state index in [4.69, 9.17) is 0 Å². The van der Waals surface area contributed by atoms with Crippen molar-refractivity contribution in [2.45, 2.75) is 59.6 Å². The quantitative estimate of drug-likeness (QED) is 0.745. The number of carbonyl (C=O) groups is 1. The summed E-state index contributed by atoms with van der Waals surface area (Å²) in [6, 6.07) is 14.4. The monoisotopic (exact) mass is 455 g/mol. The van der Waals surface area contributed by atoms with Gasteiger partial charge in [-0.15, -0.1) is 16.2 Å². The molecule has 1 aliphatic carbocycles. The van der Waals surface area contributed by atoms with Crippen molar-refractivity contribution in [3.8, 4) is 0 Å². The van der Waals surface area contributed by atoms with Gasteiger partial charge in [0.05, 0.1) is 0 Å². The average molecular weight is 456 g/mol. The predicted octanol–water partition coefficient (Wildman–Crippen LogP) is 4.27. The number of thioether (sulfide) groups is 1. The molecule has 0 aromatic heterocycles. The lowest BCUT2D eigenvalue weighted by Crippen LogP contribution is -2.43. The first-order valence-corrected chi connectivity index (χ1v) is 13.1. The maximum Gasteiger partial charge on any atom is 0.285 e. The van der Waals surface area contributed by atoms with E-state index in [2.05, 4.69) is 21.8 Å². The van der Waals surface area contributed by atoms with Gasteiger partial charge in [-0.2, -0.15) is 8.42 Å². The van der Waals surface area contributed by atoms with E-state index in [0.717, 1.165) is 12.1 Å². The lowest BCUT2D eigenvalue weighted by atomic mass is 10.1. The number of anilines is 1. The van der Waals surface area contributed by atoms with Gasteiger partial charge < -0.3 is 10.2 Å². The molecule has 6 nitrogen and oxygen atoms in total. The molecule has 31 heavy (non-hydrogen) atoms. The number of sulfonamides is 1. The average Bonchev–Trinajstić information content (AvgIpc) is 3.50. The van der Waals surface area contributed by atoms with Crippen LogP contribution in [0.15, 0.2) is 62.7 Å². The number of nitrogens with one attached hydrogen (secondary N) is 1. The molecule has 162 valence electrons. The van der Waals surface area contributed by atoms with Crippen LogP contribution in [-0.2, 0) is 14.8 Å². The molecule has 1 amide bonds. The molecule has 2 aromatic rings. The fraction of sp³-hybridized carbons (Fsp3) is 0.391. The van der Waals surface area contributed by atoms with Gasteiger partial charge in [-0.05, 0) is 62.1 Å². The van der Waals surface area contributed by atoms with Crippen LogP contribution in [0, 0.1) is 0 Å². The van der Waals surface area contributed by atoms with Crippen LogP contribution in [0.25, 0.3) is 0 Å². The highest BCUT2D eigenvalue weighted by atomic mass is 32.2. The van der Waals surface area contributed by atoms with Gasteiger partial charge in [0.15, 0.2) is 5.84 Å². The molecule has 3 aliphatic rings. The largest absolute Gasteiger partial charge is 0.343 e. The first kappa shape index (κ1) is 20.6. The number of benzene rings is 2. The van der Waals surface area contributed by atoms with Crippen molar-refractivity contribution in [2.24, 2.45) is 4.40 Å². The van der Waals surface area contributed by atoms with E-state index in [0.29, 0.717) is 29.6 Å². The van der Waals surface area contributed by atoms with Gasteiger partial charge >= 0.3 is 0 Å². The number of hydrogen-bond acceptors (Lipinski definition) is 5. The Labute approximate surface area is 187 Å². The summed E-state index contributed by atoms with van der Waals surface area (Å²) in [7, 11) is -3.70. The fourth-order valence-corrected chi connectivity index (χ4v) is 7.09. The number of hydrogen-bond donors (Lipinski definition) is 1. The predicted molar refractivity (Wildman–Crippen MR) is 123 cm³/mol. The van der Waals surface area contributed by atoms with Crippen LogP contribution in [0.3, 0.4) is 0 Å². The topological polar surface area (TPSA) is 78.8 Å². The molecular weight excluding hydrogens is 430 g/mol. The molecule has 1 saturated carbocycles. The number of fused-ring (bicyclic) bond motifs is 1. The van der Waals surface area contributed by atoms with Crippen LogP contribution in [0.4, 0.5) is 5.69 Å². The minimum absolute atomic E-state index is 0.127. The Kier molecular flexibility index (Phi) is 5.52. The van der Waals surface area contributed by atoms with Crippen LogP contribution in [0.2, 0.25) is 0 Å². The zero-order valence-corrected chi connectivity index (χ0v) is 18.8. The minimum Gasteiger partial charge on any atom is -0.343 e. The summed E-state index contributed by atoms with van der Waals surface area (Å²) in [5.74, 6) is 0.259. The van der Waals surface area contributed by atoms with E-state index < -0.39 is 16.1 Å². The van der Waals surface area contributed by atoms with Gasteiger partial charge in [0, 0.05) is 27.9 Å². The van der Waals surface area contributed by atoms with E-state index in [1.54, 1.807) is 24.3 Å². The van der Waals surface area contributed by atoms with Crippen LogP contribution in [0.5, 0.6) is 0 Å². The van der Waals surface area contributed by atoms with Crippen LogP contribution in [0.1, 0.15) is 44.1 Å². The van der Waals surface area contributed by atoms with Crippen molar-refractivity contribution in [2.75, 3.05) is 11.9 Å². The lowest BCUT2D eigenvalue weighted by molar-refractivity contribution is -0.119. The molecule has 0 bridgehead atoms. The Bertz CT molecular complexity index is 1120. The molecule has 0 radical (unpaired) electrons. The molecule has 5 rings (SSSR count). The second-order valence-electron chi connectivity index (χ2n) is 8.28. The molecule has 1 saturated heterocycles. The summed E-state index contributed by atoms with van der Waals surface area (Å²) >= 11 is 1.92. The highest BCUT2D eigenvalue weighted by molar-refractivity contribution is 8.00. The Hall–Kier alpha value is -2.32. The van der Waals surface area contributed by atoms with Crippen molar-refractivity contribution >= 4 is 39.2 Å². The summed E-state index contributed by atoms with van der Waals surface area (Å²) in [5.41, 5.74) is 1.34. The van der Waals surface area contributed by atoms with E-state index >= 15 is 0 Å². The fourth-order valence-electron chi connectivity index (χ4n) is 4.63. The van der Waals surface area contributed by atoms with Gasteiger partial charge in [-0.1, -0.05) is 25.0 Å². The third kappa shape index (κ3) is 4.11. The zero-order valence-electron chi connectivity index (χ0n) is 17.2. The number of carbonyl (C=O) groups excluding carboxylic acids is 1. The molecule has 2 heterocycles. The maximum absolute atomic E-state index is 13.1. The van der Waals surface area contributed by atoms with Crippen LogP contribution < -0.4 is 5.32 Å². The second kappa shape index (κ2) is 8.31. The van der Waals surface area contributed by atoms with Crippen molar-refractivity contribution in [3.05, 3.63) is 54.1 Å². The molecule has 2 aliphatic heterocycles. The van der Waals surface area contributed by atoms with Crippen molar-refractivity contribution in [1.82, 2.24) is 4.90 Å². The SMILES string of the molecule is O=C(Nc1ccc(SC2CCCC2)cc1)[C@@H]1CCCN1C1=NS(=O)(=O)c2ccccc21. The zero-order chi connectivity index (χ0) is 21.4. The Balaban J connectivity index is 1.29. The maximum atomic E-state index is 13.1. The highest BCUT2D eigenvalue weighted by Crippen LogP contribution is 2.35. The van der Waals surface area contributed by atoms with Crippen molar-refractivity contribution in [3.63, 3.8) is 0 Å². The Morgan fingerprint density at radius 3 is 2.52 bits per heavy atom. The Morgan fingerprint density at radius 2 is 1.74 bits per heavy atom. The van der Waals surface area contributed by atoms with Gasteiger partial charge in [0.25, 0.3) is 10.0 Å². The van der Waals surface area contributed by atoms with E-state index in [-0.39, 0.29) is 10.8 Å². The lowest BCUT2D eigenvalue weighted by Gasteiger charge is -2.25. The van der Waals surface area contributed by atoms with Gasteiger partial charge in [0.1, 0.15) is 10.9 Å². The number of nitrogens with zero attached hydrogens (tertiary/aromatic N) is 2. The molecule has 1 atom stereocenters. The third-order valence-corrected chi connectivity index (χ3v) is 8.84. The van der Waals surface area contributed by atoms with Crippen LogP contribution in [-0.4, -0.2) is 42.9 Å². The molecule has 2 fully saturated rings. The number of amidine groups is 1. The van der Waals surface area contributed by atoms with Gasteiger partial charge in [-0.25, -0.2) is 0 Å². The number of likely N-dealkylation sites (tertiary alicyclic amines) is 1. The summed E-state index contributed by atoms with van der Waals surface area (Å²) in [6.45, 7) is 0.609. The van der Waals surface area contributed by atoms with Gasteiger partial charge in [0.2, 0.25) is 5.91 Å². The summed E-state index contributed by atoms with van der Waals surface area (Å²) < 4.78 is 28.9. The molecule has 1 N–H and O–H groups in total. The normalized spacial score (nSPS) is 22.4. The van der Waals surface area contributed by atoms with Gasteiger partial charge in [-0.3, -0.25) is 4.79 Å². The molecule has 0 spiro atoms. The minimum atomic E-state index is -3.70. The molecule has 2 aromatic carbocycles. The smallest absolute Gasteiger partial charge is 0.285 e. The second-order valence-corrected chi connectivity index (χ2v) is 11.2. The van der Waals surface area contributed by atoms with Crippen molar-refractivity contribution < 1.29 is 13.2 Å². The third-order valence-electron chi connectivity index (χ3n) is 6.17. The van der Waals surface area contributed by atoms with E-state index in [9.17, 15) is 13.2 Å². The summed E-state index contributed by atoms with van der Waals surface area (Å²) in [6.07, 6.45) is 6.69. The number of amides is 1. The molecule has 8 heteroatoms. The van der Waals surface area contributed by atoms with E-state index in [1.807, 2.05) is 28.8 Å². The Morgan fingerprint density at radius 1 is 1.00 bits per heavy atom. The summed E-state index contributed by atoms with van der Waals surface area (Å²) in [4.78, 5) is 16.3. The van der Waals surface area contributed by atoms with Crippen molar-refractivity contribution in [1.29, 1.82) is 0 Å². The number of rotatable bonds is 4. The summed E-state index contributed by atoms with van der Waals surface area (Å²) in [5, 5.41) is 3.72. The first-order valence-electron chi connectivity index (χ1n) is 10.8. The molecule has 0 unspecified atom stereocenters. The van der Waals surface area contributed by atoms with E-state index in [1.165, 1.54) is 30.6 Å². The molecular formula is C23H25N3O3S2. The first-order chi connectivity index (χ1) is 15.0.